The van der Waals surface area contributed by atoms with Crippen molar-refractivity contribution in [3.63, 3.8) is 0 Å². The highest BCUT2D eigenvalue weighted by Crippen LogP contribution is 2.13. The van der Waals surface area contributed by atoms with Crippen molar-refractivity contribution in [3.05, 3.63) is 29.8 Å². The molecule has 1 rings (SSSR count). The summed E-state index contributed by atoms with van der Waals surface area (Å²) in [6, 6.07) is 9.80. The van der Waals surface area contributed by atoms with Crippen LogP contribution >= 0.6 is 0 Å². The van der Waals surface area contributed by atoms with Gasteiger partial charge in [-0.3, -0.25) is 4.90 Å². The molecule has 0 unspecified atom stereocenters. The number of aliphatic hydroxyl groups excluding tert-OH is 1. The van der Waals surface area contributed by atoms with Crippen LogP contribution in [0, 0.1) is 11.3 Å². The minimum Gasteiger partial charge on any atom is -0.494 e. The fourth-order valence-corrected chi connectivity index (χ4v) is 2.49. The SMILES string of the molecule is CCC(CC)N(CCO)CCCOc1ccc(C#N)cc1. The maximum atomic E-state index is 9.16. The monoisotopic (exact) mass is 290 g/mol. The van der Waals surface area contributed by atoms with Crippen LogP contribution in [0.4, 0.5) is 0 Å². The van der Waals surface area contributed by atoms with Gasteiger partial charge in [-0.2, -0.15) is 5.26 Å². The molecule has 0 aliphatic heterocycles. The molecule has 1 aromatic carbocycles. The zero-order valence-electron chi connectivity index (χ0n) is 13.1. The molecule has 0 amide bonds. The van der Waals surface area contributed by atoms with E-state index in [9.17, 15) is 0 Å². The fraction of sp³-hybridized carbons (Fsp3) is 0.588. The highest BCUT2D eigenvalue weighted by molar-refractivity contribution is 5.34. The molecule has 0 radical (unpaired) electrons. The van der Waals surface area contributed by atoms with E-state index >= 15 is 0 Å². The van der Waals surface area contributed by atoms with Gasteiger partial charge in [0.15, 0.2) is 0 Å². The largest absolute Gasteiger partial charge is 0.494 e. The van der Waals surface area contributed by atoms with Crippen LogP contribution < -0.4 is 4.74 Å². The summed E-state index contributed by atoms with van der Waals surface area (Å²) in [5.41, 5.74) is 0.644. The van der Waals surface area contributed by atoms with E-state index in [1.165, 1.54) is 0 Å². The molecule has 0 heterocycles. The van der Waals surface area contributed by atoms with Crippen molar-refractivity contribution in [2.75, 3.05) is 26.3 Å². The second-order valence-corrected chi connectivity index (χ2v) is 5.07. The molecule has 1 N–H and O–H groups in total. The Balaban J connectivity index is 2.34. The lowest BCUT2D eigenvalue weighted by Crippen LogP contribution is -2.37. The average molecular weight is 290 g/mol. The van der Waals surface area contributed by atoms with Gasteiger partial charge in [0.25, 0.3) is 0 Å². The van der Waals surface area contributed by atoms with Gasteiger partial charge >= 0.3 is 0 Å². The van der Waals surface area contributed by atoms with Gasteiger partial charge in [-0.15, -0.1) is 0 Å². The number of nitriles is 1. The van der Waals surface area contributed by atoms with Crippen LogP contribution in [0.15, 0.2) is 24.3 Å². The van der Waals surface area contributed by atoms with Crippen LogP contribution in [0.2, 0.25) is 0 Å². The van der Waals surface area contributed by atoms with Crippen LogP contribution in [0.5, 0.6) is 5.75 Å². The van der Waals surface area contributed by atoms with E-state index in [0.717, 1.165) is 38.1 Å². The lowest BCUT2D eigenvalue weighted by Gasteiger charge is -2.29. The first-order valence-corrected chi connectivity index (χ1v) is 7.73. The molecule has 0 aromatic heterocycles. The molecular formula is C17H26N2O2. The van der Waals surface area contributed by atoms with Crippen molar-refractivity contribution >= 4 is 0 Å². The smallest absolute Gasteiger partial charge is 0.119 e. The molecule has 4 heteroatoms. The van der Waals surface area contributed by atoms with Crippen molar-refractivity contribution in [3.8, 4) is 11.8 Å². The van der Waals surface area contributed by atoms with Crippen LogP contribution in [0.1, 0.15) is 38.7 Å². The number of nitrogens with zero attached hydrogens (tertiary/aromatic N) is 2. The normalized spacial score (nSPS) is 10.9. The van der Waals surface area contributed by atoms with E-state index < -0.39 is 0 Å². The molecule has 0 bridgehead atoms. The summed E-state index contributed by atoms with van der Waals surface area (Å²) in [6.07, 6.45) is 3.14. The zero-order chi connectivity index (χ0) is 15.5. The number of rotatable bonds is 10. The van der Waals surface area contributed by atoms with Crippen LogP contribution in [0.3, 0.4) is 0 Å². The first-order chi connectivity index (χ1) is 10.2. The Bertz CT molecular complexity index is 421. The predicted octanol–water partition coefficient (Wildman–Crippen LogP) is 2.81. The Morgan fingerprint density at radius 3 is 2.38 bits per heavy atom. The Morgan fingerprint density at radius 2 is 1.86 bits per heavy atom. The Labute approximate surface area is 128 Å². The molecule has 4 nitrogen and oxygen atoms in total. The average Bonchev–Trinajstić information content (AvgIpc) is 2.53. The highest BCUT2D eigenvalue weighted by atomic mass is 16.5. The van der Waals surface area contributed by atoms with E-state index in [-0.39, 0.29) is 6.61 Å². The van der Waals surface area contributed by atoms with E-state index in [2.05, 4.69) is 24.8 Å². The summed E-state index contributed by atoms with van der Waals surface area (Å²) < 4.78 is 5.68. The van der Waals surface area contributed by atoms with Crippen LogP contribution in [-0.2, 0) is 0 Å². The lowest BCUT2D eigenvalue weighted by atomic mass is 10.1. The summed E-state index contributed by atoms with van der Waals surface area (Å²) in [5, 5.41) is 17.9. The number of benzene rings is 1. The number of hydrogen-bond donors (Lipinski definition) is 1. The second kappa shape index (κ2) is 10.2. The Kier molecular flexibility index (Phi) is 8.49. The fourth-order valence-electron chi connectivity index (χ4n) is 2.49. The molecule has 0 spiro atoms. The van der Waals surface area contributed by atoms with E-state index in [1.54, 1.807) is 12.1 Å². The third-order valence-electron chi connectivity index (χ3n) is 3.69. The Hall–Kier alpha value is -1.57. The van der Waals surface area contributed by atoms with Crippen LogP contribution in [-0.4, -0.2) is 42.4 Å². The van der Waals surface area contributed by atoms with Crippen molar-refractivity contribution in [1.29, 1.82) is 5.26 Å². The molecular weight excluding hydrogens is 264 g/mol. The molecule has 0 fully saturated rings. The molecule has 0 saturated heterocycles. The van der Waals surface area contributed by atoms with Crippen molar-refractivity contribution in [2.45, 2.75) is 39.2 Å². The van der Waals surface area contributed by atoms with Gasteiger partial charge in [0, 0.05) is 19.1 Å². The van der Waals surface area contributed by atoms with Gasteiger partial charge in [0.2, 0.25) is 0 Å². The van der Waals surface area contributed by atoms with E-state index in [1.807, 2.05) is 12.1 Å². The zero-order valence-corrected chi connectivity index (χ0v) is 13.1. The minimum absolute atomic E-state index is 0.201. The number of ether oxygens (including phenoxy) is 1. The van der Waals surface area contributed by atoms with Gasteiger partial charge < -0.3 is 9.84 Å². The lowest BCUT2D eigenvalue weighted by molar-refractivity contribution is 0.134. The molecule has 0 atom stereocenters. The summed E-state index contributed by atoms with van der Waals surface area (Å²) in [6.45, 7) is 6.88. The van der Waals surface area contributed by atoms with Crippen LogP contribution in [0.25, 0.3) is 0 Å². The summed E-state index contributed by atoms with van der Waals surface area (Å²) >= 11 is 0. The van der Waals surface area contributed by atoms with Crippen molar-refractivity contribution in [2.24, 2.45) is 0 Å². The van der Waals surface area contributed by atoms with Gasteiger partial charge in [0.05, 0.1) is 24.8 Å². The quantitative estimate of drug-likeness (QED) is 0.673. The van der Waals surface area contributed by atoms with Gasteiger partial charge in [0.1, 0.15) is 5.75 Å². The molecule has 116 valence electrons. The molecule has 0 aliphatic rings. The van der Waals surface area contributed by atoms with Crippen molar-refractivity contribution < 1.29 is 9.84 Å². The molecule has 0 aliphatic carbocycles. The summed E-state index contributed by atoms with van der Waals surface area (Å²) in [5.74, 6) is 0.797. The summed E-state index contributed by atoms with van der Waals surface area (Å²) in [4.78, 5) is 2.34. The second-order valence-electron chi connectivity index (χ2n) is 5.07. The third kappa shape index (κ3) is 6.16. The maximum absolute atomic E-state index is 9.16. The van der Waals surface area contributed by atoms with E-state index in [4.69, 9.17) is 15.1 Å². The molecule has 1 aromatic rings. The van der Waals surface area contributed by atoms with Crippen molar-refractivity contribution in [1.82, 2.24) is 4.90 Å². The highest BCUT2D eigenvalue weighted by Gasteiger charge is 2.13. The topological polar surface area (TPSA) is 56.5 Å². The minimum atomic E-state index is 0.201. The van der Waals surface area contributed by atoms with Gasteiger partial charge in [-0.05, 0) is 43.5 Å². The predicted molar refractivity (Wildman–Crippen MR) is 84.3 cm³/mol. The molecule has 0 saturated carbocycles. The van der Waals surface area contributed by atoms with Gasteiger partial charge in [-0.1, -0.05) is 13.8 Å². The first kappa shape index (κ1) is 17.5. The Morgan fingerprint density at radius 1 is 1.19 bits per heavy atom. The summed E-state index contributed by atoms with van der Waals surface area (Å²) in [7, 11) is 0. The standard InChI is InChI=1S/C17H26N2O2/c1-3-16(4-2)19(11-12-20)10-5-13-21-17-8-6-15(14-18)7-9-17/h6-9,16,20H,3-5,10-13H2,1-2H3. The number of hydrogen-bond acceptors (Lipinski definition) is 4. The number of aliphatic hydroxyl groups is 1. The van der Waals surface area contributed by atoms with Gasteiger partial charge in [-0.25, -0.2) is 0 Å². The first-order valence-electron chi connectivity index (χ1n) is 7.73. The third-order valence-corrected chi connectivity index (χ3v) is 3.69. The molecule has 21 heavy (non-hydrogen) atoms. The maximum Gasteiger partial charge on any atom is 0.119 e. The van der Waals surface area contributed by atoms with E-state index in [0.29, 0.717) is 18.2 Å².